The Balaban J connectivity index is 1.35. The van der Waals surface area contributed by atoms with Crippen LogP contribution in [0.4, 0.5) is 0 Å². The fraction of sp³-hybridized carbons (Fsp3) is 0.190. The van der Waals surface area contributed by atoms with Gasteiger partial charge in [-0.25, -0.2) is 9.67 Å². The summed E-state index contributed by atoms with van der Waals surface area (Å²) in [6, 6.07) is 16.2. The summed E-state index contributed by atoms with van der Waals surface area (Å²) >= 11 is 0. The molecular weight excluding hydrogens is 352 g/mol. The Morgan fingerprint density at radius 3 is 2.57 bits per heavy atom. The van der Waals surface area contributed by atoms with Crippen molar-refractivity contribution in [3.63, 3.8) is 0 Å². The third-order valence-electron chi connectivity index (χ3n) is 4.66. The quantitative estimate of drug-likeness (QED) is 0.414. The Morgan fingerprint density at radius 2 is 1.86 bits per heavy atom. The molecule has 0 amide bonds. The number of nitrogens with zero attached hydrogens (tertiary/aromatic N) is 4. The van der Waals surface area contributed by atoms with Crippen LogP contribution in [0.3, 0.4) is 0 Å². The van der Waals surface area contributed by atoms with Gasteiger partial charge in [0.15, 0.2) is 5.96 Å². The minimum Gasteiger partial charge on any atom is -0.459 e. The summed E-state index contributed by atoms with van der Waals surface area (Å²) in [4.78, 5) is 8.26. The van der Waals surface area contributed by atoms with Gasteiger partial charge in [-0.2, -0.15) is 5.10 Å². The number of guanidine groups is 1. The molecule has 4 aromatic rings. The molecule has 28 heavy (non-hydrogen) atoms. The van der Waals surface area contributed by atoms with Gasteiger partial charge in [0.25, 0.3) is 0 Å². The standard InChI is InChI=1S/C21H22N6O/c1-15-18-5-3-4-6-19(18)28-20(15)12-25-21(22-2)24-11-16-7-9-17(10-8-16)27-14-23-13-26-27/h3-10,13-14H,11-12H2,1-2H3,(H2,22,24,25). The molecule has 2 aromatic heterocycles. The third-order valence-corrected chi connectivity index (χ3v) is 4.66. The molecule has 4 rings (SSSR count). The van der Waals surface area contributed by atoms with Gasteiger partial charge in [0.1, 0.15) is 24.0 Å². The first kappa shape index (κ1) is 17.8. The van der Waals surface area contributed by atoms with Crippen LogP contribution in [-0.2, 0) is 13.1 Å². The molecule has 0 saturated heterocycles. The molecule has 0 aliphatic carbocycles. The maximum atomic E-state index is 5.95. The fourth-order valence-electron chi connectivity index (χ4n) is 3.07. The SMILES string of the molecule is CN=C(NCc1ccc(-n2cncn2)cc1)NCc1oc2ccccc2c1C. The summed E-state index contributed by atoms with van der Waals surface area (Å²) in [5.41, 5.74) is 4.19. The van der Waals surface area contributed by atoms with Gasteiger partial charge < -0.3 is 15.1 Å². The van der Waals surface area contributed by atoms with Crippen molar-refractivity contribution in [1.82, 2.24) is 25.4 Å². The zero-order chi connectivity index (χ0) is 19.3. The van der Waals surface area contributed by atoms with E-state index >= 15 is 0 Å². The zero-order valence-corrected chi connectivity index (χ0v) is 15.9. The minimum atomic E-state index is 0.575. The summed E-state index contributed by atoms with van der Waals surface area (Å²) in [7, 11) is 1.76. The molecule has 142 valence electrons. The molecule has 2 heterocycles. The first-order valence-electron chi connectivity index (χ1n) is 9.10. The molecular formula is C21H22N6O. The van der Waals surface area contributed by atoms with Crippen LogP contribution >= 0.6 is 0 Å². The van der Waals surface area contributed by atoms with E-state index < -0.39 is 0 Å². The molecule has 0 atom stereocenters. The molecule has 7 heteroatoms. The Hall–Kier alpha value is -3.61. The number of nitrogens with one attached hydrogen (secondary N) is 2. The number of para-hydroxylation sites is 1. The lowest BCUT2D eigenvalue weighted by atomic mass is 10.1. The average Bonchev–Trinajstić information content (AvgIpc) is 3.38. The van der Waals surface area contributed by atoms with E-state index in [1.807, 2.05) is 30.3 Å². The summed E-state index contributed by atoms with van der Waals surface area (Å²) in [5.74, 6) is 1.64. The molecule has 0 aliphatic rings. The predicted molar refractivity (Wildman–Crippen MR) is 109 cm³/mol. The second-order valence-corrected chi connectivity index (χ2v) is 6.43. The minimum absolute atomic E-state index is 0.575. The number of aryl methyl sites for hydroxylation is 1. The van der Waals surface area contributed by atoms with Crippen LogP contribution in [0.25, 0.3) is 16.7 Å². The van der Waals surface area contributed by atoms with Crippen LogP contribution < -0.4 is 10.6 Å². The second-order valence-electron chi connectivity index (χ2n) is 6.43. The summed E-state index contributed by atoms with van der Waals surface area (Å²) < 4.78 is 7.68. The summed E-state index contributed by atoms with van der Waals surface area (Å²) in [6.45, 7) is 3.32. The highest BCUT2D eigenvalue weighted by molar-refractivity contribution is 5.82. The zero-order valence-electron chi connectivity index (χ0n) is 15.9. The van der Waals surface area contributed by atoms with Gasteiger partial charge in [-0.05, 0) is 30.7 Å². The first-order chi connectivity index (χ1) is 13.7. The van der Waals surface area contributed by atoms with Crippen molar-refractivity contribution in [3.8, 4) is 5.69 Å². The summed E-state index contributed by atoms with van der Waals surface area (Å²) in [5, 5.41) is 11.9. The lowest BCUT2D eigenvalue weighted by Crippen LogP contribution is -2.36. The highest BCUT2D eigenvalue weighted by atomic mass is 16.3. The molecule has 0 bridgehead atoms. The molecule has 0 aliphatic heterocycles. The van der Waals surface area contributed by atoms with Crippen LogP contribution in [0.15, 0.2) is 70.6 Å². The second kappa shape index (κ2) is 7.96. The van der Waals surface area contributed by atoms with Gasteiger partial charge in [0, 0.05) is 24.5 Å². The number of aliphatic imine (C=N–C) groups is 1. The van der Waals surface area contributed by atoms with E-state index in [0.29, 0.717) is 13.1 Å². The van der Waals surface area contributed by atoms with Gasteiger partial charge in [0.05, 0.1) is 12.2 Å². The number of furan rings is 1. The first-order valence-corrected chi connectivity index (χ1v) is 9.10. The lowest BCUT2D eigenvalue weighted by Gasteiger charge is -2.11. The maximum absolute atomic E-state index is 5.95. The molecule has 7 nitrogen and oxygen atoms in total. The highest BCUT2D eigenvalue weighted by Crippen LogP contribution is 2.24. The van der Waals surface area contributed by atoms with Crippen molar-refractivity contribution < 1.29 is 4.42 Å². The van der Waals surface area contributed by atoms with Crippen LogP contribution in [-0.4, -0.2) is 27.8 Å². The highest BCUT2D eigenvalue weighted by Gasteiger charge is 2.10. The van der Waals surface area contributed by atoms with Gasteiger partial charge in [-0.1, -0.05) is 30.3 Å². The number of hydrogen-bond donors (Lipinski definition) is 2. The van der Waals surface area contributed by atoms with Crippen molar-refractivity contribution >= 4 is 16.9 Å². The van der Waals surface area contributed by atoms with Crippen LogP contribution in [0, 0.1) is 6.92 Å². The Kier molecular flexibility index (Phi) is 5.05. The van der Waals surface area contributed by atoms with Crippen LogP contribution in [0.1, 0.15) is 16.9 Å². The molecule has 2 aromatic carbocycles. The molecule has 0 saturated carbocycles. The Bertz CT molecular complexity index is 1080. The number of aromatic nitrogens is 3. The van der Waals surface area contributed by atoms with Crippen molar-refractivity contribution in [2.75, 3.05) is 7.05 Å². The van der Waals surface area contributed by atoms with E-state index in [2.05, 4.69) is 50.8 Å². The van der Waals surface area contributed by atoms with E-state index in [1.54, 1.807) is 18.1 Å². The number of rotatable bonds is 5. The molecule has 0 fully saturated rings. The maximum Gasteiger partial charge on any atom is 0.191 e. The Morgan fingerprint density at radius 1 is 1.07 bits per heavy atom. The summed E-state index contributed by atoms with van der Waals surface area (Å²) in [6.07, 6.45) is 3.20. The van der Waals surface area contributed by atoms with E-state index in [9.17, 15) is 0 Å². The normalized spacial score (nSPS) is 11.7. The fourth-order valence-corrected chi connectivity index (χ4v) is 3.07. The van der Waals surface area contributed by atoms with Crippen molar-refractivity contribution in [3.05, 3.63) is 78.1 Å². The van der Waals surface area contributed by atoms with E-state index in [4.69, 9.17) is 4.42 Å². The van der Waals surface area contributed by atoms with Gasteiger partial charge in [-0.3, -0.25) is 4.99 Å². The van der Waals surface area contributed by atoms with E-state index in [0.717, 1.165) is 39.5 Å². The van der Waals surface area contributed by atoms with Crippen molar-refractivity contribution in [2.45, 2.75) is 20.0 Å². The van der Waals surface area contributed by atoms with Gasteiger partial charge in [-0.15, -0.1) is 0 Å². The monoisotopic (exact) mass is 374 g/mol. The molecule has 2 N–H and O–H groups in total. The van der Waals surface area contributed by atoms with Crippen molar-refractivity contribution in [1.29, 1.82) is 0 Å². The van der Waals surface area contributed by atoms with Gasteiger partial charge >= 0.3 is 0 Å². The lowest BCUT2D eigenvalue weighted by molar-refractivity contribution is 0.534. The van der Waals surface area contributed by atoms with Crippen molar-refractivity contribution in [2.24, 2.45) is 4.99 Å². The van der Waals surface area contributed by atoms with E-state index in [-0.39, 0.29) is 0 Å². The predicted octanol–water partition coefficient (Wildman–Crippen LogP) is 3.19. The number of hydrogen-bond acceptors (Lipinski definition) is 4. The number of fused-ring (bicyclic) bond motifs is 1. The van der Waals surface area contributed by atoms with Crippen LogP contribution in [0.5, 0.6) is 0 Å². The van der Waals surface area contributed by atoms with E-state index in [1.165, 1.54) is 6.33 Å². The molecule has 0 unspecified atom stereocenters. The topological polar surface area (TPSA) is 80.3 Å². The molecule has 0 radical (unpaired) electrons. The Labute approximate surface area is 163 Å². The number of benzene rings is 2. The molecule has 0 spiro atoms. The largest absolute Gasteiger partial charge is 0.459 e. The third kappa shape index (κ3) is 3.73. The average molecular weight is 374 g/mol. The smallest absolute Gasteiger partial charge is 0.191 e. The van der Waals surface area contributed by atoms with Gasteiger partial charge in [0.2, 0.25) is 0 Å². The van der Waals surface area contributed by atoms with Crippen LogP contribution in [0.2, 0.25) is 0 Å².